The van der Waals surface area contributed by atoms with Gasteiger partial charge in [-0.2, -0.15) is 5.26 Å². The zero-order chi connectivity index (χ0) is 32.7. The molecule has 2 aromatic carbocycles. The third kappa shape index (κ3) is 5.68. The Morgan fingerprint density at radius 3 is 2.07 bits per heavy atom. The average Bonchev–Trinajstić information content (AvgIpc) is 3.57. The SMILES string of the molecule is CCN1CCc2c(nc(C(=O)Nc3cccc(-c4cccc(NC(=O)c5nc6c(n5C)CCN(C(C)C)C6)c4C#N)c3Cl)n2C)C1. The molecule has 2 aliphatic heterocycles. The number of fused-ring (bicyclic) bond motifs is 2. The monoisotopic (exact) mass is 639 g/mol. The first-order valence-electron chi connectivity index (χ1n) is 15.6. The minimum atomic E-state index is -0.395. The molecule has 2 N–H and O–H groups in total. The second kappa shape index (κ2) is 12.7. The second-order valence-electron chi connectivity index (χ2n) is 12.1. The molecule has 0 atom stereocenters. The van der Waals surface area contributed by atoms with Crippen LogP contribution in [-0.2, 0) is 40.0 Å². The zero-order valence-corrected chi connectivity index (χ0v) is 27.6. The van der Waals surface area contributed by atoms with Gasteiger partial charge >= 0.3 is 0 Å². The molecule has 12 heteroatoms. The maximum Gasteiger partial charge on any atom is 0.291 e. The molecule has 2 aliphatic rings. The Morgan fingerprint density at radius 2 is 1.46 bits per heavy atom. The Kier molecular flexibility index (Phi) is 8.70. The van der Waals surface area contributed by atoms with Crippen LogP contribution in [0.1, 0.15) is 70.3 Å². The summed E-state index contributed by atoms with van der Waals surface area (Å²) in [6.07, 6.45) is 1.65. The van der Waals surface area contributed by atoms with Gasteiger partial charge in [-0.25, -0.2) is 9.97 Å². The smallest absolute Gasteiger partial charge is 0.291 e. The number of nitrogens with one attached hydrogen (secondary N) is 2. The van der Waals surface area contributed by atoms with Crippen molar-refractivity contribution in [3.05, 3.63) is 81.4 Å². The topological polar surface area (TPSA) is 124 Å². The fourth-order valence-corrected chi connectivity index (χ4v) is 6.72. The molecule has 0 saturated carbocycles. The molecule has 46 heavy (non-hydrogen) atoms. The standard InChI is InChI=1S/C34H38ClN9O2/c1-6-43-15-13-28-26(18-43)37-32(41(28)4)34(46)40-25-12-8-10-22(30(25)35)21-9-7-11-24(23(21)17-36)39-33(45)31-38-27-19-44(20(2)3)16-14-29(27)42(31)5/h7-12,20H,6,13-16,18-19H2,1-5H3,(H,39,45)(H,40,46). The number of benzene rings is 2. The molecule has 2 amide bonds. The van der Waals surface area contributed by atoms with Gasteiger partial charge in [0.2, 0.25) is 0 Å². The van der Waals surface area contributed by atoms with Gasteiger partial charge in [0.25, 0.3) is 11.8 Å². The third-order valence-corrected chi connectivity index (χ3v) is 9.57. The quantitative estimate of drug-likeness (QED) is 0.292. The summed E-state index contributed by atoms with van der Waals surface area (Å²) in [4.78, 5) is 40.9. The van der Waals surface area contributed by atoms with Crippen LogP contribution in [-0.4, -0.2) is 66.4 Å². The number of imidazole rings is 2. The molecule has 2 aromatic heterocycles. The van der Waals surface area contributed by atoms with E-state index >= 15 is 0 Å². The first-order valence-corrected chi connectivity index (χ1v) is 16.0. The van der Waals surface area contributed by atoms with Crippen molar-refractivity contribution < 1.29 is 9.59 Å². The molecular weight excluding hydrogens is 602 g/mol. The summed E-state index contributed by atoms with van der Waals surface area (Å²) in [6, 6.07) is 13.1. The van der Waals surface area contributed by atoms with E-state index in [2.05, 4.69) is 57.2 Å². The average molecular weight is 640 g/mol. The predicted octanol–water partition coefficient (Wildman–Crippen LogP) is 4.99. The predicted molar refractivity (Wildman–Crippen MR) is 178 cm³/mol. The maximum atomic E-state index is 13.5. The van der Waals surface area contributed by atoms with Crippen molar-refractivity contribution >= 4 is 34.8 Å². The summed E-state index contributed by atoms with van der Waals surface area (Å²) in [6.45, 7) is 10.6. The van der Waals surface area contributed by atoms with Crippen LogP contribution in [0.4, 0.5) is 11.4 Å². The Morgan fingerprint density at radius 1 is 0.891 bits per heavy atom. The lowest BCUT2D eigenvalue weighted by Gasteiger charge is -2.29. The highest BCUT2D eigenvalue weighted by Crippen LogP contribution is 2.38. The minimum absolute atomic E-state index is 0.253. The van der Waals surface area contributed by atoms with E-state index in [1.54, 1.807) is 36.4 Å². The van der Waals surface area contributed by atoms with Gasteiger partial charge in [0.15, 0.2) is 11.6 Å². The minimum Gasteiger partial charge on any atom is -0.327 e. The van der Waals surface area contributed by atoms with Crippen LogP contribution in [0, 0.1) is 11.3 Å². The Balaban J connectivity index is 1.25. The van der Waals surface area contributed by atoms with Gasteiger partial charge in [0.05, 0.1) is 33.3 Å². The molecule has 0 spiro atoms. The number of halogens is 1. The number of hydrogen-bond acceptors (Lipinski definition) is 7. The van der Waals surface area contributed by atoms with E-state index in [-0.39, 0.29) is 16.5 Å². The van der Waals surface area contributed by atoms with Crippen LogP contribution in [0.25, 0.3) is 11.1 Å². The van der Waals surface area contributed by atoms with Crippen molar-refractivity contribution in [1.29, 1.82) is 5.26 Å². The summed E-state index contributed by atoms with van der Waals surface area (Å²) >= 11 is 6.89. The zero-order valence-electron chi connectivity index (χ0n) is 26.8. The summed E-state index contributed by atoms with van der Waals surface area (Å²) < 4.78 is 3.70. The molecule has 0 bridgehead atoms. The second-order valence-corrected chi connectivity index (χ2v) is 12.5. The highest BCUT2D eigenvalue weighted by molar-refractivity contribution is 6.36. The molecule has 0 unspecified atom stereocenters. The first kappa shape index (κ1) is 31.5. The number of carbonyl (C=O) groups excluding carboxylic acids is 2. The third-order valence-electron chi connectivity index (χ3n) is 9.17. The number of carbonyl (C=O) groups is 2. The molecule has 4 aromatic rings. The largest absolute Gasteiger partial charge is 0.327 e. The van der Waals surface area contributed by atoms with Crippen molar-refractivity contribution in [1.82, 2.24) is 28.9 Å². The van der Waals surface area contributed by atoms with E-state index < -0.39 is 5.91 Å². The summed E-state index contributed by atoms with van der Waals surface area (Å²) in [5.74, 6) is -0.144. The van der Waals surface area contributed by atoms with E-state index in [1.165, 1.54) is 0 Å². The highest BCUT2D eigenvalue weighted by atomic mass is 35.5. The number of aromatic nitrogens is 4. The van der Waals surface area contributed by atoms with Crippen molar-refractivity contribution in [3.63, 3.8) is 0 Å². The maximum absolute atomic E-state index is 13.5. The fraction of sp³-hybridized carbons (Fsp3) is 0.382. The van der Waals surface area contributed by atoms with Gasteiger partial charge in [-0.05, 0) is 32.5 Å². The van der Waals surface area contributed by atoms with Gasteiger partial charge in [-0.1, -0.05) is 42.8 Å². The van der Waals surface area contributed by atoms with E-state index in [0.717, 1.165) is 55.3 Å². The van der Waals surface area contributed by atoms with E-state index in [1.807, 2.05) is 23.2 Å². The number of nitrogens with zero attached hydrogens (tertiary/aromatic N) is 7. The number of anilines is 2. The Labute approximate surface area is 273 Å². The molecule has 11 nitrogen and oxygen atoms in total. The summed E-state index contributed by atoms with van der Waals surface area (Å²) in [7, 11) is 3.72. The normalized spacial score (nSPS) is 14.9. The van der Waals surface area contributed by atoms with E-state index in [9.17, 15) is 14.9 Å². The van der Waals surface area contributed by atoms with E-state index in [0.29, 0.717) is 53.3 Å². The number of amides is 2. The summed E-state index contributed by atoms with van der Waals surface area (Å²) in [5.41, 5.74) is 6.01. The molecular formula is C34H38ClN9O2. The van der Waals surface area contributed by atoms with E-state index in [4.69, 9.17) is 11.6 Å². The van der Waals surface area contributed by atoms with Crippen molar-refractivity contribution in [2.75, 3.05) is 30.3 Å². The van der Waals surface area contributed by atoms with Gasteiger partial charge in [0, 0.05) is 81.7 Å². The van der Waals surface area contributed by atoms with Gasteiger partial charge in [-0.3, -0.25) is 19.4 Å². The Bertz CT molecular complexity index is 1880. The highest BCUT2D eigenvalue weighted by Gasteiger charge is 2.28. The van der Waals surface area contributed by atoms with Crippen LogP contribution in [0.3, 0.4) is 0 Å². The lowest BCUT2D eigenvalue weighted by atomic mass is 9.98. The van der Waals surface area contributed by atoms with Crippen LogP contribution in [0.2, 0.25) is 5.02 Å². The molecule has 0 saturated heterocycles. The molecule has 0 aliphatic carbocycles. The molecule has 6 rings (SSSR count). The number of nitriles is 1. The number of hydrogen-bond donors (Lipinski definition) is 2. The summed E-state index contributed by atoms with van der Waals surface area (Å²) in [5, 5.41) is 16.4. The molecule has 0 radical (unpaired) electrons. The Hall–Kier alpha value is -4.50. The molecule has 238 valence electrons. The van der Waals surface area contributed by atoms with Gasteiger partial charge in [-0.15, -0.1) is 0 Å². The lowest BCUT2D eigenvalue weighted by molar-refractivity contribution is 0.100. The van der Waals surface area contributed by atoms with Crippen molar-refractivity contribution in [2.45, 2.75) is 52.7 Å². The number of rotatable bonds is 7. The first-order chi connectivity index (χ1) is 22.1. The van der Waals surface area contributed by atoms with Crippen LogP contribution < -0.4 is 10.6 Å². The fourth-order valence-electron chi connectivity index (χ4n) is 6.44. The molecule has 0 fully saturated rings. The number of likely N-dealkylation sites (N-methyl/N-ethyl adjacent to an activating group) is 1. The van der Waals surface area contributed by atoms with Gasteiger partial charge < -0.3 is 19.8 Å². The van der Waals surface area contributed by atoms with Crippen molar-refractivity contribution in [2.24, 2.45) is 14.1 Å². The van der Waals surface area contributed by atoms with Crippen LogP contribution in [0.5, 0.6) is 0 Å². The lowest BCUT2D eigenvalue weighted by Crippen LogP contribution is -2.36. The van der Waals surface area contributed by atoms with Crippen molar-refractivity contribution in [3.8, 4) is 17.2 Å². The van der Waals surface area contributed by atoms with Gasteiger partial charge in [0.1, 0.15) is 6.07 Å². The van der Waals surface area contributed by atoms with Crippen LogP contribution in [0.15, 0.2) is 36.4 Å². The molecule has 4 heterocycles. The van der Waals surface area contributed by atoms with Crippen LogP contribution >= 0.6 is 11.6 Å².